The van der Waals surface area contributed by atoms with E-state index in [0.29, 0.717) is 0 Å². The molecule has 1 fully saturated rings. The minimum absolute atomic E-state index is 0.154. The minimum Gasteiger partial charge on any atom is -0.337 e. The lowest BCUT2D eigenvalue weighted by molar-refractivity contribution is 0.0761. The first-order valence-electron chi connectivity index (χ1n) is 7.08. The molecule has 0 saturated carbocycles. The van der Waals surface area contributed by atoms with E-state index in [0.717, 1.165) is 57.7 Å². The maximum atomic E-state index is 12.4. The lowest BCUT2D eigenvalue weighted by Gasteiger charge is -2.22. The number of amides is 1. The summed E-state index contributed by atoms with van der Waals surface area (Å²) >= 11 is 0. The van der Waals surface area contributed by atoms with Gasteiger partial charge in [-0.15, -0.1) is 0 Å². The van der Waals surface area contributed by atoms with Crippen molar-refractivity contribution in [1.82, 2.24) is 9.80 Å². The minimum atomic E-state index is 0.154. The highest BCUT2D eigenvalue weighted by atomic mass is 16.2. The summed E-state index contributed by atoms with van der Waals surface area (Å²) in [5, 5.41) is 0. The van der Waals surface area contributed by atoms with Crippen LogP contribution < -0.4 is 5.73 Å². The molecule has 1 saturated heterocycles. The van der Waals surface area contributed by atoms with Crippen molar-refractivity contribution in [2.45, 2.75) is 12.8 Å². The third-order valence-corrected chi connectivity index (χ3v) is 3.57. The Morgan fingerprint density at radius 2 is 1.89 bits per heavy atom. The number of benzene rings is 1. The maximum absolute atomic E-state index is 12.4. The second-order valence-corrected chi connectivity index (χ2v) is 5.00. The Hall–Kier alpha value is -1.39. The van der Waals surface area contributed by atoms with Gasteiger partial charge in [0.25, 0.3) is 5.91 Å². The van der Waals surface area contributed by atoms with E-state index in [1.165, 1.54) is 0 Å². The Morgan fingerprint density at radius 1 is 1.11 bits per heavy atom. The zero-order valence-electron chi connectivity index (χ0n) is 11.4. The number of nitrogens with two attached hydrogens (primary N) is 1. The predicted octanol–water partition coefficient (Wildman–Crippen LogP) is 1.18. The van der Waals surface area contributed by atoms with E-state index in [9.17, 15) is 4.79 Å². The molecule has 0 bridgehead atoms. The highest BCUT2D eigenvalue weighted by Crippen LogP contribution is 2.09. The molecule has 1 aliphatic rings. The van der Waals surface area contributed by atoms with Gasteiger partial charge in [-0.1, -0.05) is 18.2 Å². The molecular formula is C15H23N3O. The van der Waals surface area contributed by atoms with Crippen molar-refractivity contribution in [3.05, 3.63) is 35.9 Å². The highest BCUT2D eigenvalue weighted by Gasteiger charge is 2.19. The summed E-state index contributed by atoms with van der Waals surface area (Å²) in [6.45, 7) is 5.48. The third kappa shape index (κ3) is 4.04. The van der Waals surface area contributed by atoms with Crippen molar-refractivity contribution in [2.75, 3.05) is 39.3 Å². The fraction of sp³-hybridized carbons (Fsp3) is 0.533. The van der Waals surface area contributed by atoms with Crippen LogP contribution in [0.2, 0.25) is 0 Å². The van der Waals surface area contributed by atoms with Gasteiger partial charge in [0.1, 0.15) is 0 Å². The maximum Gasteiger partial charge on any atom is 0.253 e. The van der Waals surface area contributed by atoms with Crippen LogP contribution in [0.1, 0.15) is 23.2 Å². The smallest absolute Gasteiger partial charge is 0.253 e. The molecule has 4 nitrogen and oxygen atoms in total. The fourth-order valence-electron chi connectivity index (χ4n) is 2.48. The van der Waals surface area contributed by atoms with Crippen molar-refractivity contribution in [1.29, 1.82) is 0 Å². The van der Waals surface area contributed by atoms with Crippen LogP contribution >= 0.6 is 0 Å². The first kappa shape index (κ1) is 14.0. The molecule has 0 aromatic heterocycles. The van der Waals surface area contributed by atoms with Gasteiger partial charge in [-0.2, -0.15) is 0 Å². The molecule has 0 aliphatic carbocycles. The van der Waals surface area contributed by atoms with Gasteiger partial charge in [0.2, 0.25) is 0 Å². The van der Waals surface area contributed by atoms with E-state index in [1.807, 2.05) is 35.2 Å². The number of nitrogens with zero attached hydrogens (tertiary/aromatic N) is 2. The summed E-state index contributed by atoms with van der Waals surface area (Å²) in [4.78, 5) is 16.7. The Kier molecular flexibility index (Phi) is 5.36. The van der Waals surface area contributed by atoms with Crippen molar-refractivity contribution < 1.29 is 4.79 Å². The van der Waals surface area contributed by atoms with E-state index in [-0.39, 0.29) is 5.91 Å². The summed E-state index contributed by atoms with van der Waals surface area (Å²) in [6, 6.07) is 9.55. The van der Waals surface area contributed by atoms with E-state index < -0.39 is 0 Å². The largest absolute Gasteiger partial charge is 0.337 e. The quantitative estimate of drug-likeness (QED) is 0.885. The fourth-order valence-corrected chi connectivity index (χ4v) is 2.48. The topological polar surface area (TPSA) is 49.6 Å². The van der Waals surface area contributed by atoms with Gasteiger partial charge in [0.05, 0.1) is 0 Å². The Labute approximate surface area is 115 Å². The lowest BCUT2D eigenvalue weighted by Crippen LogP contribution is -2.35. The second-order valence-electron chi connectivity index (χ2n) is 5.00. The standard InChI is InChI=1S/C15H23N3O/c16-8-4-9-17-10-5-11-18(13-12-17)15(19)14-6-2-1-3-7-14/h1-3,6-7H,4-5,8-13,16H2. The molecule has 19 heavy (non-hydrogen) atoms. The lowest BCUT2D eigenvalue weighted by atomic mass is 10.2. The monoisotopic (exact) mass is 261 g/mol. The van der Waals surface area contributed by atoms with Gasteiger partial charge in [0.15, 0.2) is 0 Å². The first-order valence-corrected chi connectivity index (χ1v) is 7.08. The number of hydrogen-bond acceptors (Lipinski definition) is 3. The van der Waals surface area contributed by atoms with Crippen molar-refractivity contribution in [3.63, 3.8) is 0 Å². The molecule has 0 atom stereocenters. The van der Waals surface area contributed by atoms with E-state index in [4.69, 9.17) is 5.73 Å². The van der Waals surface area contributed by atoms with Crippen LogP contribution in [-0.2, 0) is 0 Å². The highest BCUT2D eigenvalue weighted by molar-refractivity contribution is 5.94. The predicted molar refractivity (Wildman–Crippen MR) is 77.1 cm³/mol. The molecular weight excluding hydrogens is 238 g/mol. The Bertz CT molecular complexity index is 394. The summed E-state index contributed by atoms with van der Waals surface area (Å²) in [5.74, 6) is 0.154. The van der Waals surface area contributed by atoms with Crippen LogP contribution in [0.25, 0.3) is 0 Å². The molecule has 0 spiro atoms. The molecule has 1 heterocycles. The van der Waals surface area contributed by atoms with Crippen LogP contribution in [0.3, 0.4) is 0 Å². The summed E-state index contributed by atoms with van der Waals surface area (Å²) < 4.78 is 0. The van der Waals surface area contributed by atoms with Crippen LogP contribution in [0.4, 0.5) is 0 Å². The zero-order valence-corrected chi connectivity index (χ0v) is 11.4. The average Bonchev–Trinajstić information content (AvgIpc) is 2.71. The van der Waals surface area contributed by atoms with Crippen molar-refractivity contribution in [2.24, 2.45) is 5.73 Å². The van der Waals surface area contributed by atoms with E-state index in [1.54, 1.807) is 0 Å². The average molecular weight is 261 g/mol. The van der Waals surface area contributed by atoms with Gasteiger partial charge < -0.3 is 15.5 Å². The third-order valence-electron chi connectivity index (χ3n) is 3.57. The zero-order chi connectivity index (χ0) is 13.5. The summed E-state index contributed by atoms with van der Waals surface area (Å²) in [7, 11) is 0. The van der Waals surface area contributed by atoms with E-state index in [2.05, 4.69) is 4.90 Å². The molecule has 2 rings (SSSR count). The molecule has 0 radical (unpaired) electrons. The van der Waals surface area contributed by atoms with Gasteiger partial charge in [-0.25, -0.2) is 0 Å². The molecule has 1 amide bonds. The molecule has 1 aliphatic heterocycles. The Morgan fingerprint density at radius 3 is 2.63 bits per heavy atom. The molecule has 1 aromatic rings. The number of rotatable bonds is 4. The van der Waals surface area contributed by atoms with Crippen LogP contribution in [0.15, 0.2) is 30.3 Å². The summed E-state index contributed by atoms with van der Waals surface area (Å²) in [6.07, 6.45) is 2.08. The van der Waals surface area contributed by atoms with Crippen LogP contribution in [0, 0.1) is 0 Å². The number of carbonyl (C=O) groups is 1. The van der Waals surface area contributed by atoms with Gasteiger partial charge in [0, 0.05) is 25.2 Å². The number of hydrogen-bond donors (Lipinski definition) is 1. The summed E-state index contributed by atoms with van der Waals surface area (Å²) in [5.41, 5.74) is 6.33. The normalized spacial score (nSPS) is 17.2. The Balaban J connectivity index is 1.90. The second kappa shape index (κ2) is 7.26. The van der Waals surface area contributed by atoms with Gasteiger partial charge in [-0.05, 0) is 44.6 Å². The molecule has 0 unspecified atom stereocenters. The van der Waals surface area contributed by atoms with Gasteiger partial charge in [-0.3, -0.25) is 4.79 Å². The molecule has 4 heteroatoms. The molecule has 104 valence electrons. The van der Waals surface area contributed by atoms with E-state index >= 15 is 0 Å². The molecule has 1 aromatic carbocycles. The van der Waals surface area contributed by atoms with Crippen molar-refractivity contribution >= 4 is 5.91 Å². The number of carbonyl (C=O) groups excluding carboxylic acids is 1. The molecule has 2 N–H and O–H groups in total. The van der Waals surface area contributed by atoms with Crippen LogP contribution in [0.5, 0.6) is 0 Å². The first-order chi connectivity index (χ1) is 9.31. The SMILES string of the molecule is NCCCN1CCCN(C(=O)c2ccccc2)CC1. The van der Waals surface area contributed by atoms with Crippen molar-refractivity contribution in [3.8, 4) is 0 Å². The van der Waals surface area contributed by atoms with Crippen LogP contribution in [-0.4, -0.2) is 55.0 Å². The van der Waals surface area contributed by atoms with Gasteiger partial charge >= 0.3 is 0 Å².